The molecule has 11 heteroatoms. The Kier molecular flexibility index (Phi) is 7.15. The van der Waals surface area contributed by atoms with Crippen LogP contribution in [0.25, 0.3) is 11.0 Å². The SMILES string of the molecule is COc1cc(N2CCN(CC(C)C)CC2)ccc1Nc1nc(Nc2ccsc2C(N)=O)c2cc[nH]c2n1. The number of piperazine rings is 1. The van der Waals surface area contributed by atoms with Crippen molar-refractivity contribution in [2.24, 2.45) is 11.7 Å². The molecule has 0 bridgehead atoms. The van der Waals surface area contributed by atoms with Crippen molar-refractivity contribution >= 4 is 57.1 Å². The number of nitrogens with one attached hydrogen (secondary N) is 3. The summed E-state index contributed by atoms with van der Waals surface area (Å²) in [6, 6.07) is 9.84. The summed E-state index contributed by atoms with van der Waals surface area (Å²) >= 11 is 1.28. The summed E-state index contributed by atoms with van der Waals surface area (Å²) in [5.41, 5.74) is 8.68. The van der Waals surface area contributed by atoms with Gasteiger partial charge in [0.15, 0.2) is 0 Å². The van der Waals surface area contributed by atoms with Gasteiger partial charge in [0, 0.05) is 50.7 Å². The second kappa shape index (κ2) is 10.7. The van der Waals surface area contributed by atoms with Crippen molar-refractivity contribution in [2.75, 3.05) is 55.4 Å². The molecule has 1 aliphatic heterocycles. The number of thiophene rings is 1. The van der Waals surface area contributed by atoms with Crippen LogP contribution in [0.1, 0.15) is 23.5 Å². The zero-order valence-electron chi connectivity index (χ0n) is 21.2. The van der Waals surface area contributed by atoms with Gasteiger partial charge in [-0.1, -0.05) is 13.8 Å². The first-order valence-electron chi connectivity index (χ1n) is 12.3. The van der Waals surface area contributed by atoms with Gasteiger partial charge in [-0.15, -0.1) is 11.3 Å². The van der Waals surface area contributed by atoms with Gasteiger partial charge >= 0.3 is 0 Å². The molecule has 3 aromatic heterocycles. The van der Waals surface area contributed by atoms with Gasteiger partial charge in [0.1, 0.15) is 22.1 Å². The molecule has 0 atom stereocenters. The number of nitrogens with zero attached hydrogens (tertiary/aromatic N) is 4. The number of aromatic nitrogens is 3. The van der Waals surface area contributed by atoms with Gasteiger partial charge in [-0.25, -0.2) is 0 Å². The third-order valence-electron chi connectivity index (χ3n) is 6.35. The quantitative estimate of drug-likeness (QED) is 0.256. The van der Waals surface area contributed by atoms with Crippen LogP contribution in [-0.4, -0.2) is 65.6 Å². The van der Waals surface area contributed by atoms with Crippen LogP contribution in [0.4, 0.5) is 28.8 Å². The van der Waals surface area contributed by atoms with E-state index in [1.54, 1.807) is 13.3 Å². The topological polar surface area (TPSA) is 124 Å². The molecule has 10 nitrogen and oxygen atoms in total. The first-order valence-corrected chi connectivity index (χ1v) is 13.2. The van der Waals surface area contributed by atoms with Gasteiger partial charge in [0.05, 0.1) is 23.9 Å². The predicted octanol–water partition coefficient (Wildman–Crippen LogP) is 4.39. The van der Waals surface area contributed by atoms with Crippen molar-refractivity contribution in [3.8, 4) is 5.75 Å². The number of aromatic amines is 1. The average Bonchev–Trinajstić information content (AvgIpc) is 3.54. The minimum atomic E-state index is -0.485. The smallest absolute Gasteiger partial charge is 0.260 e. The number of ether oxygens (including phenoxy) is 1. The largest absolute Gasteiger partial charge is 0.494 e. The number of carbonyl (C=O) groups is 1. The fourth-order valence-corrected chi connectivity index (χ4v) is 5.33. The molecule has 1 fully saturated rings. The standard InChI is InChI=1S/C26H32N8O2S/c1-16(2)15-33-9-11-34(12-10-33)17-4-5-19(21(14-17)36-3)30-26-31-24-18(6-8-28-24)25(32-26)29-20-7-13-37-22(20)23(27)35/h4-8,13-14,16H,9-12,15H2,1-3H3,(H2,27,35)(H3,28,29,30,31,32). The highest BCUT2D eigenvalue weighted by Crippen LogP contribution is 2.34. The molecule has 1 saturated heterocycles. The number of benzene rings is 1. The Bertz CT molecular complexity index is 1390. The lowest BCUT2D eigenvalue weighted by Gasteiger charge is -2.37. The van der Waals surface area contributed by atoms with Crippen LogP contribution in [0, 0.1) is 5.92 Å². The van der Waals surface area contributed by atoms with Crippen LogP contribution in [-0.2, 0) is 0 Å². The Hall–Kier alpha value is -3.83. The summed E-state index contributed by atoms with van der Waals surface area (Å²) in [6.07, 6.45) is 1.80. The fraction of sp³-hybridized carbons (Fsp3) is 0.346. The van der Waals surface area contributed by atoms with Gasteiger partial charge in [-0.3, -0.25) is 9.69 Å². The van der Waals surface area contributed by atoms with Crippen LogP contribution in [0.3, 0.4) is 0 Å². The molecule has 1 amide bonds. The van der Waals surface area contributed by atoms with Crippen molar-refractivity contribution in [3.63, 3.8) is 0 Å². The maximum absolute atomic E-state index is 11.8. The van der Waals surface area contributed by atoms with Gasteiger partial charge in [-0.05, 0) is 35.6 Å². The molecule has 1 aliphatic rings. The molecule has 0 unspecified atom stereocenters. The maximum Gasteiger partial charge on any atom is 0.260 e. The van der Waals surface area contributed by atoms with Crippen molar-refractivity contribution in [1.82, 2.24) is 19.9 Å². The number of H-pyrrole nitrogens is 1. The number of anilines is 5. The number of primary amides is 1. The molecule has 5 N–H and O–H groups in total. The summed E-state index contributed by atoms with van der Waals surface area (Å²) in [5.74, 6) is 1.85. The molecule has 0 radical (unpaired) electrons. The number of nitrogens with two attached hydrogens (primary N) is 1. The zero-order chi connectivity index (χ0) is 25.9. The third kappa shape index (κ3) is 5.47. The maximum atomic E-state index is 11.8. The number of carbonyl (C=O) groups excluding carboxylic acids is 1. The number of fused-ring (bicyclic) bond motifs is 1. The molecule has 0 saturated carbocycles. The van der Waals surface area contributed by atoms with Crippen molar-refractivity contribution in [2.45, 2.75) is 13.8 Å². The summed E-state index contributed by atoms with van der Waals surface area (Å²) in [7, 11) is 1.66. The fourth-order valence-electron chi connectivity index (χ4n) is 4.62. The molecule has 5 rings (SSSR count). The Balaban J connectivity index is 1.37. The molecular weight excluding hydrogens is 488 g/mol. The molecule has 0 aliphatic carbocycles. The second-order valence-corrected chi connectivity index (χ2v) is 10.4. The average molecular weight is 521 g/mol. The minimum Gasteiger partial charge on any atom is -0.494 e. The highest BCUT2D eigenvalue weighted by molar-refractivity contribution is 7.12. The van der Waals surface area contributed by atoms with E-state index in [2.05, 4.69) is 56.4 Å². The van der Waals surface area contributed by atoms with Gasteiger partial charge in [0.2, 0.25) is 5.95 Å². The van der Waals surface area contributed by atoms with Crippen LogP contribution in [0.15, 0.2) is 41.9 Å². The summed E-state index contributed by atoms with van der Waals surface area (Å²) in [6.45, 7) is 9.75. The lowest BCUT2D eigenvalue weighted by Crippen LogP contribution is -2.47. The Labute approximate surface area is 219 Å². The summed E-state index contributed by atoms with van der Waals surface area (Å²) < 4.78 is 5.72. The number of hydrogen-bond acceptors (Lipinski definition) is 9. The van der Waals surface area contributed by atoms with Crippen LogP contribution < -0.4 is 26.0 Å². The Morgan fingerprint density at radius 1 is 1.14 bits per heavy atom. The lowest BCUT2D eigenvalue weighted by molar-refractivity contribution is 0.100. The van der Waals surface area contributed by atoms with Crippen molar-refractivity contribution in [1.29, 1.82) is 0 Å². The van der Waals surface area contributed by atoms with E-state index in [1.807, 2.05) is 23.6 Å². The van der Waals surface area contributed by atoms with Crippen molar-refractivity contribution < 1.29 is 9.53 Å². The van der Waals surface area contributed by atoms with Crippen LogP contribution in [0.5, 0.6) is 5.75 Å². The monoisotopic (exact) mass is 520 g/mol. The van der Waals surface area contributed by atoms with E-state index >= 15 is 0 Å². The Morgan fingerprint density at radius 2 is 1.95 bits per heavy atom. The second-order valence-electron chi connectivity index (χ2n) is 9.48. The van der Waals surface area contributed by atoms with E-state index in [0.29, 0.717) is 39.6 Å². The number of hydrogen-bond donors (Lipinski definition) is 4. The molecular formula is C26H32N8O2S. The predicted molar refractivity (Wildman–Crippen MR) is 150 cm³/mol. The number of rotatable bonds is 9. The molecule has 37 heavy (non-hydrogen) atoms. The van der Waals surface area contributed by atoms with Gasteiger partial charge in [-0.2, -0.15) is 9.97 Å². The van der Waals surface area contributed by atoms with E-state index < -0.39 is 5.91 Å². The molecule has 4 aromatic rings. The van der Waals surface area contributed by atoms with E-state index in [4.69, 9.17) is 15.5 Å². The number of methoxy groups -OCH3 is 1. The molecule has 4 heterocycles. The van der Waals surface area contributed by atoms with E-state index in [1.165, 1.54) is 11.3 Å². The molecule has 0 spiro atoms. The van der Waals surface area contributed by atoms with Crippen molar-refractivity contribution in [3.05, 3.63) is 46.8 Å². The van der Waals surface area contributed by atoms with E-state index in [9.17, 15) is 4.79 Å². The summed E-state index contributed by atoms with van der Waals surface area (Å²) in [5, 5.41) is 9.15. The first-order chi connectivity index (χ1) is 17.9. The lowest BCUT2D eigenvalue weighted by atomic mass is 10.1. The third-order valence-corrected chi connectivity index (χ3v) is 7.28. The van der Waals surface area contributed by atoms with Crippen LogP contribution >= 0.6 is 11.3 Å². The zero-order valence-corrected chi connectivity index (χ0v) is 22.1. The highest BCUT2D eigenvalue weighted by Gasteiger charge is 2.20. The minimum absolute atomic E-state index is 0.390. The first kappa shape index (κ1) is 24.8. The highest BCUT2D eigenvalue weighted by atomic mass is 32.1. The molecule has 1 aromatic carbocycles. The molecule has 194 valence electrons. The van der Waals surface area contributed by atoms with Gasteiger partial charge in [0.25, 0.3) is 5.91 Å². The van der Waals surface area contributed by atoms with E-state index in [0.717, 1.165) is 49.5 Å². The Morgan fingerprint density at radius 3 is 2.68 bits per heavy atom. The van der Waals surface area contributed by atoms with Gasteiger partial charge < -0.3 is 31.0 Å². The number of amides is 1. The normalized spacial score (nSPS) is 14.3. The van der Waals surface area contributed by atoms with E-state index in [-0.39, 0.29) is 0 Å². The summed E-state index contributed by atoms with van der Waals surface area (Å²) in [4.78, 5) is 29.6. The van der Waals surface area contributed by atoms with Crippen LogP contribution in [0.2, 0.25) is 0 Å².